The topological polar surface area (TPSA) is 88.4 Å². The van der Waals surface area contributed by atoms with Crippen LogP contribution < -0.4 is 4.74 Å². The van der Waals surface area contributed by atoms with Crippen molar-refractivity contribution in [1.29, 1.82) is 0 Å². The van der Waals surface area contributed by atoms with Crippen LogP contribution in [0.4, 0.5) is 4.39 Å². The molecule has 1 saturated heterocycles. The molecular weight excluding hydrogens is 579 g/mol. The number of fused-ring (bicyclic) bond motifs is 2. The normalized spacial score (nSPS) is 16.6. The molecule has 0 radical (unpaired) electrons. The summed E-state index contributed by atoms with van der Waals surface area (Å²) in [5.41, 5.74) is 5.60. The Morgan fingerprint density at radius 2 is 1.93 bits per heavy atom. The van der Waals surface area contributed by atoms with Gasteiger partial charge in [0.1, 0.15) is 17.6 Å². The number of aromatic nitrogens is 4. The number of carbonyl (C=O) groups excluding carboxylic acids is 1. The third-order valence-electron chi connectivity index (χ3n) is 8.71. The zero-order valence-corrected chi connectivity index (χ0v) is 27.5. The van der Waals surface area contributed by atoms with Gasteiger partial charge in [-0.3, -0.25) is 4.79 Å². The molecule has 0 amide bonds. The maximum Gasteiger partial charge on any atom is 0.165 e. The van der Waals surface area contributed by atoms with E-state index in [-0.39, 0.29) is 5.78 Å². The molecule has 10 heteroatoms. The van der Waals surface area contributed by atoms with Crippen LogP contribution in [0, 0.1) is 25.6 Å². The summed E-state index contributed by atoms with van der Waals surface area (Å²) < 4.78 is 40.2. The van der Waals surface area contributed by atoms with Crippen LogP contribution in [0.1, 0.15) is 81.3 Å². The Kier molecular flexibility index (Phi) is 8.36. The lowest BCUT2D eigenvalue weighted by Crippen LogP contribution is -2.27. The Hall–Kier alpha value is -3.21. The van der Waals surface area contributed by atoms with E-state index < -0.39 is 17.5 Å². The zero-order valence-electron chi connectivity index (χ0n) is 26.7. The Bertz CT molecular complexity index is 1730. The first-order valence-corrected chi connectivity index (χ1v) is 16.2. The van der Waals surface area contributed by atoms with Crippen molar-refractivity contribution in [2.45, 2.75) is 85.4 Å². The fraction of sp³-hybridized carbons (Fsp3) is 0.529. The van der Waals surface area contributed by atoms with Crippen molar-refractivity contribution in [3.05, 3.63) is 46.2 Å². The number of carbonyl (C=O) groups is 1. The van der Waals surface area contributed by atoms with Gasteiger partial charge in [0.2, 0.25) is 0 Å². The van der Waals surface area contributed by atoms with Crippen molar-refractivity contribution in [3.63, 3.8) is 0 Å². The lowest BCUT2D eigenvalue weighted by molar-refractivity contribution is -0.138. The minimum atomic E-state index is -0.882. The molecule has 2 aliphatic rings. The van der Waals surface area contributed by atoms with Crippen molar-refractivity contribution in [2.75, 3.05) is 19.8 Å². The van der Waals surface area contributed by atoms with E-state index in [1.165, 1.54) is 18.5 Å². The number of rotatable bonds is 7. The van der Waals surface area contributed by atoms with E-state index in [9.17, 15) is 4.79 Å². The molecule has 0 aliphatic carbocycles. The van der Waals surface area contributed by atoms with Crippen molar-refractivity contribution < 1.29 is 23.4 Å². The highest BCUT2D eigenvalue weighted by Gasteiger charge is 2.33. The van der Waals surface area contributed by atoms with Gasteiger partial charge >= 0.3 is 0 Å². The Balaban J connectivity index is 1.57. The average molecular weight is 621 g/mol. The van der Waals surface area contributed by atoms with Crippen molar-refractivity contribution in [3.8, 4) is 27.6 Å². The van der Waals surface area contributed by atoms with Crippen LogP contribution in [0.15, 0.2) is 12.1 Å². The third kappa shape index (κ3) is 5.79. The highest BCUT2D eigenvalue weighted by Crippen LogP contribution is 2.45. The monoisotopic (exact) mass is 620 g/mol. The van der Waals surface area contributed by atoms with Crippen LogP contribution in [0.25, 0.3) is 32.9 Å². The van der Waals surface area contributed by atoms with E-state index in [1.54, 1.807) is 6.07 Å². The van der Waals surface area contributed by atoms with Gasteiger partial charge in [-0.2, -0.15) is 4.37 Å². The van der Waals surface area contributed by atoms with E-state index in [4.69, 9.17) is 28.6 Å². The van der Waals surface area contributed by atoms with Crippen LogP contribution in [-0.2, 0) is 34.2 Å². The van der Waals surface area contributed by atoms with E-state index in [0.29, 0.717) is 29.5 Å². The second-order valence-corrected chi connectivity index (χ2v) is 13.9. The van der Waals surface area contributed by atoms with Gasteiger partial charge in [0.25, 0.3) is 0 Å². The SMILES string of the molecule is CC(=O)[C@@H](OC(C)(C)C)c1c(C)nc2c(cc(-c3nc(CC4CCOCC4)ns3)n2C)c1-c1cc(F)c2c(c1C)CCCO2. The summed E-state index contributed by atoms with van der Waals surface area (Å²) in [5, 5.41) is 1.61. The molecule has 6 rings (SSSR count). The van der Waals surface area contributed by atoms with Crippen molar-refractivity contribution in [2.24, 2.45) is 13.0 Å². The fourth-order valence-corrected chi connectivity index (χ4v) is 7.28. The van der Waals surface area contributed by atoms with Crippen LogP contribution >= 0.6 is 11.5 Å². The van der Waals surface area contributed by atoms with Crippen LogP contribution in [0.3, 0.4) is 0 Å². The summed E-state index contributed by atoms with van der Waals surface area (Å²) in [6.45, 7) is 13.3. The first-order valence-electron chi connectivity index (χ1n) is 15.5. The molecular formula is C34H41FN4O4S. The van der Waals surface area contributed by atoms with Gasteiger partial charge in [-0.1, -0.05) is 0 Å². The molecule has 0 spiro atoms. The quantitative estimate of drug-likeness (QED) is 0.215. The Morgan fingerprint density at radius 1 is 1.18 bits per heavy atom. The van der Waals surface area contributed by atoms with Gasteiger partial charge in [-0.05, 0) is 108 Å². The van der Waals surface area contributed by atoms with Gasteiger partial charge in [0.15, 0.2) is 22.4 Å². The highest BCUT2D eigenvalue weighted by atomic mass is 32.1. The van der Waals surface area contributed by atoms with E-state index in [2.05, 4.69) is 6.07 Å². The third-order valence-corrected chi connectivity index (χ3v) is 9.49. The summed E-state index contributed by atoms with van der Waals surface area (Å²) in [7, 11) is 1.97. The number of pyridine rings is 1. The second-order valence-electron chi connectivity index (χ2n) is 13.1. The highest BCUT2D eigenvalue weighted by molar-refractivity contribution is 7.09. The minimum Gasteiger partial charge on any atom is -0.490 e. The fourth-order valence-electron chi connectivity index (χ4n) is 6.54. The standard InChI is InChI=1S/C34H41FN4O4S/c1-18-22-9-8-12-42-31(22)25(35)16-23(18)29-24-17-26(33-37-27(38-44-33)15-21-10-13-41-14-11-21)39(7)32(24)36-19(2)28(29)30(20(3)40)43-34(4,5)6/h16-17,21,30H,8-15H2,1-7H3/t30-/m1/s1. The predicted octanol–water partition coefficient (Wildman–Crippen LogP) is 7.25. The molecule has 0 bridgehead atoms. The van der Waals surface area contributed by atoms with Gasteiger partial charge < -0.3 is 18.8 Å². The Morgan fingerprint density at radius 3 is 2.64 bits per heavy atom. The number of ketones is 1. The molecule has 3 aromatic heterocycles. The van der Waals surface area contributed by atoms with Gasteiger partial charge in [0, 0.05) is 54.5 Å². The predicted molar refractivity (Wildman–Crippen MR) is 170 cm³/mol. The molecule has 44 heavy (non-hydrogen) atoms. The summed E-state index contributed by atoms with van der Waals surface area (Å²) in [6.07, 6.45) is 3.54. The smallest absolute Gasteiger partial charge is 0.165 e. The van der Waals surface area contributed by atoms with Crippen LogP contribution in [-0.4, -0.2) is 50.1 Å². The molecule has 2 aliphatic heterocycles. The maximum absolute atomic E-state index is 15.7. The molecule has 1 aromatic carbocycles. The average Bonchev–Trinajstić information content (AvgIpc) is 3.57. The lowest BCUT2D eigenvalue weighted by atomic mass is 9.86. The number of benzene rings is 1. The van der Waals surface area contributed by atoms with E-state index in [0.717, 1.165) is 95.1 Å². The molecule has 0 saturated carbocycles. The molecule has 234 valence electrons. The number of Topliss-reactive ketones (excluding diaryl/α,β-unsaturated/α-hetero) is 1. The minimum absolute atomic E-state index is 0.136. The lowest BCUT2D eigenvalue weighted by Gasteiger charge is -2.30. The second kappa shape index (κ2) is 11.9. The number of nitrogens with zero attached hydrogens (tertiary/aromatic N) is 4. The number of ether oxygens (including phenoxy) is 3. The molecule has 1 atom stereocenters. The number of hydrogen-bond acceptors (Lipinski definition) is 8. The zero-order chi connectivity index (χ0) is 31.3. The van der Waals surface area contributed by atoms with E-state index >= 15 is 4.39 Å². The molecule has 0 N–H and O–H groups in total. The Labute approximate surface area is 262 Å². The van der Waals surface area contributed by atoms with Gasteiger partial charge in [-0.15, -0.1) is 0 Å². The molecule has 1 fully saturated rings. The van der Waals surface area contributed by atoms with Crippen molar-refractivity contribution in [1.82, 2.24) is 18.9 Å². The maximum atomic E-state index is 15.7. The van der Waals surface area contributed by atoms with E-state index in [1.807, 2.05) is 46.2 Å². The molecule has 4 aromatic rings. The number of hydrogen-bond donors (Lipinski definition) is 0. The first-order chi connectivity index (χ1) is 20.9. The largest absolute Gasteiger partial charge is 0.490 e. The molecule has 5 heterocycles. The molecule has 0 unspecified atom stereocenters. The molecule has 8 nitrogen and oxygen atoms in total. The summed E-state index contributed by atoms with van der Waals surface area (Å²) in [5.74, 6) is 1.16. The first kappa shape index (κ1) is 30.8. The summed E-state index contributed by atoms with van der Waals surface area (Å²) in [6, 6.07) is 3.61. The van der Waals surface area contributed by atoms with Gasteiger partial charge in [0.05, 0.1) is 17.9 Å². The number of aryl methyl sites for hydroxylation is 2. The number of halogens is 1. The van der Waals surface area contributed by atoms with Crippen molar-refractivity contribution >= 4 is 28.3 Å². The van der Waals surface area contributed by atoms with Crippen LogP contribution in [0.2, 0.25) is 0 Å². The summed E-state index contributed by atoms with van der Waals surface area (Å²) in [4.78, 5) is 23.2. The van der Waals surface area contributed by atoms with Gasteiger partial charge in [-0.25, -0.2) is 14.4 Å². The summed E-state index contributed by atoms with van der Waals surface area (Å²) >= 11 is 1.38. The van der Waals surface area contributed by atoms with Crippen LogP contribution in [0.5, 0.6) is 5.75 Å².